The highest BCUT2D eigenvalue weighted by Gasteiger charge is 2.14. The molecule has 0 radical (unpaired) electrons. The van der Waals surface area contributed by atoms with Gasteiger partial charge in [-0.05, 0) is 64.8 Å². The van der Waals surface area contributed by atoms with Gasteiger partial charge in [0.2, 0.25) is 0 Å². The molecule has 0 aromatic rings. The van der Waals surface area contributed by atoms with Gasteiger partial charge < -0.3 is 14.5 Å². The molecule has 3 aliphatic heterocycles. The average molecular weight is 397 g/mol. The van der Waals surface area contributed by atoms with Crippen LogP contribution in [0.5, 0.6) is 0 Å². The lowest BCUT2D eigenvalue weighted by Crippen LogP contribution is -2.53. The molecule has 0 unspecified atom stereocenters. The van der Waals surface area contributed by atoms with Crippen LogP contribution in [-0.4, -0.2) is 112 Å². The number of nitrogens with one attached hydrogen (secondary N) is 2. The molecule has 3 rings (SSSR count). The van der Waals surface area contributed by atoms with E-state index in [1.807, 2.05) is 0 Å². The molecule has 0 aromatic carbocycles. The van der Waals surface area contributed by atoms with Gasteiger partial charge in [0.1, 0.15) is 0 Å². The van der Waals surface area contributed by atoms with Crippen molar-refractivity contribution in [2.24, 2.45) is 0 Å². The second-order valence-electron chi connectivity index (χ2n) is 8.58. The van der Waals surface area contributed by atoms with Crippen molar-refractivity contribution in [3.05, 3.63) is 0 Å². The van der Waals surface area contributed by atoms with Crippen LogP contribution in [-0.2, 0) is 4.74 Å². The van der Waals surface area contributed by atoms with E-state index < -0.39 is 0 Å². The summed E-state index contributed by atoms with van der Waals surface area (Å²) in [5, 5.41) is 2.27. The molecule has 7 nitrogen and oxygen atoms in total. The number of likely N-dealkylation sites (tertiary alicyclic amines) is 2. The van der Waals surface area contributed by atoms with Crippen molar-refractivity contribution in [3.8, 4) is 0 Å². The Kier molecular flexibility index (Phi) is 11.1. The van der Waals surface area contributed by atoms with Gasteiger partial charge in [0.25, 0.3) is 0 Å². The van der Waals surface area contributed by atoms with Crippen LogP contribution in [0, 0.1) is 0 Å². The molecular weight excluding hydrogens is 352 g/mol. The van der Waals surface area contributed by atoms with Crippen molar-refractivity contribution < 1.29 is 4.74 Å². The maximum absolute atomic E-state index is 5.45. The number of hydrogen-bond donors (Lipinski definition) is 2. The summed E-state index contributed by atoms with van der Waals surface area (Å²) in [5.74, 6) is 0. The fourth-order valence-electron chi connectivity index (χ4n) is 4.54. The van der Waals surface area contributed by atoms with Gasteiger partial charge in [-0.15, -0.1) is 0 Å². The van der Waals surface area contributed by atoms with Crippen LogP contribution in [0.15, 0.2) is 0 Å². The zero-order valence-electron chi connectivity index (χ0n) is 18.0. The quantitative estimate of drug-likeness (QED) is 0.477. The number of piperidine rings is 2. The summed E-state index contributed by atoms with van der Waals surface area (Å²) >= 11 is 0. The molecule has 3 aliphatic rings. The van der Waals surface area contributed by atoms with Crippen molar-refractivity contribution in [1.29, 1.82) is 0 Å². The Morgan fingerprint density at radius 3 is 1.68 bits per heavy atom. The van der Waals surface area contributed by atoms with Crippen LogP contribution < -0.4 is 10.9 Å². The average Bonchev–Trinajstić information content (AvgIpc) is 2.76. The third-order valence-electron chi connectivity index (χ3n) is 6.32. The van der Waals surface area contributed by atoms with Crippen LogP contribution in [0.25, 0.3) is 0 Å². The van der Waals surface area contributed by atoms with Gasteiger partial charge in [-0.3, -0.25) is 4.90 Å². The summed E-state index contributed by atoms with van der Waals surface area (Å²) in [7, 11) is 0. The van der Waals surface area contributed by atoms with Gasteiger partial charge in [-0.25, -0.2) is 10.9 Å². The zero-order valence-corrected chi connectivity index (χ0v) is 18.0. The Balaban J connectivity index is 1.32. The van der Waals surface area contributed by atoms with Gasteiger partial charge in [-0.1, -0.05) is 12.8 Å². The third kappa shape index (κ3) is 9.03. The van der Waals surface area contributed by atoms with E-state index >= 15 is 0 Å². The van der Waals surface area contributed by atoms with Crippen molar-refractivity contribution in [1.82, 2.24) is 30.7 Å². The molecule has 2 N–H and O–H groups in total. The molecule has 164 valence electrons. The molecule has 0 amide bonds. The largest absolute Gasteiger partial charge is 0.379 e. The summed E-state index contributed by atoms with van der Waals surface area (Å²) in [4.78, 5) is 7.75. The molecule has 0 aromatic heterocycles. The van der Waals surface area contributed by atoms with Crippen molar-refractivity contribution in [2.75, 3.05) is 91.8 Å². The number of hydrogen-bond acceptors (Lipinski definition) is 7. The predicted molar refractivity (Wildman–Crippen MR) is 115 cm³/mol. The monoisotopic (exact) mass is 396 g/mol. The van der Waals surface area contributed by atoms with E-state index in [-0.39, 0.29) is 0 Å². The highest BCUT2D eigenvalue weighted by Crippen LogP contribution is 2.09. The molecule has 3 saturated heterocycles. The molecule has 0 aliphatic carbocycles. The lowest BCUT2D eigenvalue weighted by Gasteiger charge is -2.31. The first kappa shape index (κ1) is 22.4. The normalized spacial score (nSPS) is 23.5. The maximum atomic E-state index is 5.45. The van der Waals surface area contributed by atoms with Gasteiger partial charge in [0, 0.05) is 45.8 Å². The topological polar surface area (TPSA) is 46.2 Å². The fourth-order valence-corrected chi connectivity index (χ4v) is 4.54. The van der Waals surface area contributed by atoms with Crippen LogP contribution >= 0.6 is 0 Å². The van der Waals surface area contributed by atoms with Gasteiger partial charge in [0.05, 0.1) is 13.2 Å². The second kappa shape index (κ2) is 13.9. The van der Waals surface area contributed by atoms with Crippen LogP contribution in [0.2, 0.25) is 0 Å². The summed E-state index contributed by atoms with van der Waals surface area (Å²) in [5.41, 5.74) is 7.31. The van der Waals surface area contributed by atoms with E-state index in [0.717, 1.165) is 59.0 Å². The predicted octanol–water partition coefficient (Wildman–Crippen LogP) is 0.992. The first-order valence-electron chi connectivity index (χ1n) is 11.9. The Hall–Kier alpha value is -0.280. The fraction of sp³-hybridized carbons (Fsp3) is 1.00. The number of morpholine rings is 1. The number of ether oxygens (including phenoxy) is 1. The molecule has 0 saturated carbocycles. The molecule has 0 spiro atoms. The Morgan fingerprint density at radius 2 is 1.11 bits per heavy atom. The number of nitrogens with zero attached hydrogens (tertiary/aromatic N) is 4. The van der Waals surface area contributed by atoms with E-state index in [1.54, 1.807) is 0 Å². The van der Waals surface area contributed by atoms with E-state index in [2.05, 4.69) is 30.7 Å². The lowest BCUT2D eigenvalue weighted by molar-refractivity contribution is 0.0310. The zero-order chi connectivity index (χ0) is 19.3. The Morgan fingerprint density at radius 1 is 0.607 bits per heavy atom. The lowest BCUT2D eigenvalue weighted by atomic mass is 10.1. The minimum Gasteiger partial charge on any atom is -0.379 e. The smallest absolute Gasteiger partial charge is 0.0594 e. The van der Waals surface area contributed by atoms with Gasteiger partial charge in [-0.2, -0.15) is 5.12 Å². The van der Waals surface area contributed by atoms with Crippen molar-refractivity contribution in [2.45, 2.75) is 44.9 Å². The van der Waals surface area contributed by atoms with Crippen molar-refractivity contribution in [3.63, 3.8) is 0 Å². The van der Waals surface area contributed by atoms with Crippen molar-refractivity contribution >= 4 is 0 Å². The van der Waals surface area contributed by atoms with E-state index in [0.29, 0.717) is 0 Å². The minimum atomic E-state index is 0.883. The second-order valence-corrected chi connectivity index (χ2v) is 8.58. The SMILES string of the molecule is C1CCN(CCCN(NCCN2CCCCC2)NCCN2CCOCC2)CC1. The van der Waals surface area contributed by atoms with Crippen LogP contribution in [0.4, 0.5) is 0 Å². The first-order chi connectivity index (χ1) is 13.9. The van der Waals surface area contributed by atoms with E-state index in [9.17, 15) is 0 Å². The highest BCUT2D eigenvalue weighted by molar-refractivity contribution is 4.67. The number of hydrazine groups is 2. The first-order valence-corrected chi connectivity index (χ1v) is 11.9. The Labute approximate surface area is 172 Å². The van der Waals surface area contributed by atoms with E-state index in [4.69, 9.17) is 4.74 Å². The molecule has 0 bridgehead atoms. The minimum absolute atomic E-state index is 0.883. The van der Waals surface area contributed by atoms with Crippen LogP contribution in [0.3, 0.4) is 0 Å². The summed E-state index contributed by atoms with van der Waals surface area (Å²) in [6.07, 6.45) is 9.57. The standard InChI is InChI=1S/C21H44N6O/c1-3-10-24(11-4-1)14-7-15-27(22-8-16-25-12-5-2-6-13-25)23-9-17-26-18-20-28-21-19-26/h22-23H,1-21H2. The third-order valence-corrected chi connectivity index (χ3v) is 6.32. The molecular formula is C21H44N6O. The molecule has 3 heterocycles. The summed E-state index contributed by atoms with van der Waals surface area (Å²) in [6.45, 7) is 15.7. The van der Waals surface area contributed by atoms with E-state index in [1.165, 1.54) is 77.7 Å². The maximum Gasteiger partial charge on any atom is 0.0594 e. The van der Waals surface area contributed by atoms with Gasteiger partial charge >= 0.3 is 0 Å². The van der Waals surface area contributed by atoms with Crippen LogP contribution in [0.1, 0.15) is 44.9 Å². The highest BCUT2D eigenvalue weighted by atomic mass is 16.5. The summed E-state index contributed by atoms with van der Waals surface area (Å²) in [6, 6.07) is 0. The molecule has 7 heteroatoms. The molecule has 0 atom stereocenters. The number of rotatable bonds is 12. The summed E-state index contributed by atoms with van der Waals surface area (Å²) < 4.78 is 5.45. The van der Waals surface area contributed by atoms with Gasteiger partial charge in [0.15, 0.2) is 0 Å². The molecule has 28 heavy (non-hydrogen) atoms. The Bertz CT molecular complexity index is 324. The molecule has 3 fully saturated rings.